The first kappa shape index (κ1) is 68.5. The number of rotatable bonds is 18. The van der Waals surface area contributed by atoms with Gasteiger partial charge in [-0.25, -0.2) is 0 Å². The van der Waals surface area contributed by atoms with Crippen LogP contribution in [0.1, 0.15) is 0 Å². The van der Waals surface area contributed by atoms with E-state index in [1.807, 2.05) is 0 Å². The molecule has 0 aromatic rings. The van der Waals surface area contributed by atoms with Crippen LogP contribution in [-0.2, 0) is 0 Å². The molecule has 0 radical (unpaired) electrons. The molecule has 0 unspecified atom stereocenters. The second kappa shape index (κ2) is 40.8. The molecular formula is CH3I39. The third kappa shape index (κ3) is 28.2. The number of halogens is 39. The van der Waals surface area contributed by atoms with Crippen molar-refractivity contribution >= 4 is 526 Å². The van der Waals surface area contributed by atoms with E-state index in [0.29, 0.717) is 0 Å². The molecule has 0 aliphatic heterocycles. The molecule has 0 atom stereocenters. The van der Waals surface area contributed by atoms with E-state index in [9.17, 15) is 0 Å². The summed E-state index contributed by atoms with van der Waals surface area (Å²) < 4.78 is 0. The fourth-order valence-corrected chi connectivity index (χ4v) is 7000. The van der Waals surface area contributed by atoms with E-state index < -0.39 is 154 Å². The van der Waals surface area contributed by atoms with Gasteiger partial charge in [0.1, 0.15) is 0 Å². The molecule has 0 N–H and O–H groups in total. The van der Waals surface area contributed by atoms with Crippen LogP contribution in [0.3, 0.4) is 0 Å². The zero-order valence-electron chi connectivity index (χ0n) is 15.7. The summed E-state index contributed by atoms with van der Waals surface area (Å²) in [5, 5.41) is 0. The van der Waals surface area contributed by atoms with Crippen LogP contribution in [0.15, 0.2) is 0 Å². The van der Waals surface area contributed by atoms with Crippen molar-refractivity contribution in [2.24, 2.45) is 0 Å². The van der Waals surface area contributed by atoms with Crippen LogP contribution in [0.5, 0.6) is 0 Å². The van der Waals surface area contributed by atoms with E-state index in [-0.39, 0.29) is 0 Å². The quantitative estimate of drug-likeness (QED) is 0.0948. The second-order valence-corrected chi connectivity index (χ2v) is 909. The Bertz CT molecular complexity index is 612. The normalized spacial score (nSPS) is 18.7. The summed E-state index contributed by atoms with van der Waals surface area (Å²) in [4.78, 5) is 2.73. The van der Waals surface area contributed by atoms with Crippen molar-refractivity contribution in [3.05, 3.63) is 0 Å². The van der Waals surface area contributed by atoms with Gasteiger partial charge in [-0.3, -0.25) is 0 Å². The summed E-state index contributed by atoms with van der Waals surface area (Å²) in [7, 11) is -9.06. The van der Waals surface area contributed by atoms with Gasteiger partial charge in [0.05, 0.1) is 0 Å². The first-order valence-electron chi connectivity index (χ1n) is 5.81. The van der Waals surface area contributed by atoms with Crippen LogP contribution in [-0.4, -0.2) is 4.93 Å². The van der Waals surface area contributed by atoms with E-state index in [1.54, 1.807) is 0 Å². The number of alkyl halides is 1. The Morgan fingerprint density at radius 2 is 0.325 bits per heavy atom. The molecule has 40 heavy (non-hydrogen) atoms. The van der Waals surface area contributed by atoms with Gasteiger partial charge in [0, 0.05) is 0 Å². The van der Waals surface area contributed by atoms with Crippen molar-refractivity contribution in [1.82, 2.24) is 0 Å². The average molecular weight is 4960 g/mol. The molecule has 0 saturated heterocycles. The third-order valence-corrected chi connectivity index (χ3v) is 2930. The molecule has 0 bridgehead atoms. The summed E-state index contributed by atoms with van der Waals surface area (Å²) in [6.45, 7) is 0. The SMILES string of the molecule is CI(I)I(I)I(I)I(I)I(I)I(I)I(I)I(I)I(I)I(I)I(I)I(I)I(I)I(I)I(I)I(I)I(I)I(I)I(I)I. The van der Waals surface area contributed by atoms with Crippen LogP contribution in [0.25, 0.3) is 0 Å². The zero-order chi connectivity index (χ0) is 32.0. The summed E-state index contributed by atoms with van der Waals surface area (Å²) in [5.41, 5.74) is 0. The summed E-state index contributed by atoms with van der Waals surface area (Å²) in [6.07, 6.45) is 0. The minimum atomic E-state index is -0.540. The predicted octanol–water partition coefficient (Wildman–Crippen LogP) is 34.7. The van der Waals surface area contributed by atoms with Gasteiger partial charge >= 0.3 is 531 Å². The third-order valence-electron chi connectivity index (χ3n) is 1.54. The summed E-state index contributed by atoms with van der Waals surface area (Å²) in [5.74, 6) is 0. The topological polar surface area (TPSA) is 0 Å². The Morgan fingerprint density at radius 1 is 0.200 bits per heavy atom. The molecule has 0 aromatic carbocycles. The molecule has 280 valence electrons. The van der Waals surface area contributed by atoms with E-state index >= 15 is 0 Å². The van der Waals surface area contributed by atoms with Crippen molar-refractivity contribution in [3.63, 3.8) is 0 Å². The minimum absolute atomic E-state index is 0.437. The molecule has 0 fully saturated rings. The zero-order valence-corrected chi connectivity index (χ0v) is 99.9. The first-order valence-corrected chi connectivity index (χ1v) is 247. The van der Waals surface area contributed by atoms with Crippen LogP contribution < -0.4 is 0 Å². The molecule has 0 spiro atoms. The molecule has 0 heterocycles. The Hall–Kier alpha value is 28.5. The van der Waals surface area contributed by atoms with Crippen molar-refractivity contribution in [2.75, 3.05) is 4.93 Å². The van der Waals surface area contributed by atoms with Crippen molar-refractivity contribution in [1.29, 1.82) is 0 Å². The van der Waals surface area contributed by atoms with Crippen molar-refractivity contribution in [3.8, 4) is 0 Å². The van der Waals surface area contributed by atoms with Crippen molar-refractivity contribution in [2.45, 2.75) is 0 Å². The maximum absolute atomic E-state index is 3.34. The van der Waals surface area contributed by atoms with Gasteiger partial charge in [-0.05, 0) is 0 Å². The van der Waals surface area contributed by atoms with Gasteiger partial charge in [-0.1, -0.05) is 0 Å². The van der Waals surface area contributed by atoms with Gasteiger partial charge < -0.3 is 0 Å². The van der Waals surface area contributed by atoms with Crippen LogP contribution in [0.2, 0.25) is 0 Å². The predicted molar refractivity (Wildman–Crippen MR) is 553 cm³/mol. The van der Waals surface area contributed by atoms with Gasteiger partial charge in [-0.2, -0.15) is 0 Å². The Morgan fingerprint density at radius 3 is 0.450 bits per heavy atom. The molecule has 0 saturated carbocycles. The monoisotopic (exact) mass is 4960 g/mol. The molecular weight excluding hydrogens is 4960 g/mol. The van der Waals surface area contributed by atoms with Crippen LogP contribution in [0.4, 0.5) is 0 Å². The van der Waals surface area contributed by atoms with E-state index in [0.717, 1.165) is 0 Å². The Balaban J connectivity index is 5.41. The molecule has 0 aliphatic carbocycles. The first-order chi connectivity index (χ1) is 18.1. The maximum atomic E-state index is 3.34. The van der Waals surface area contributed by atoms with Gasteiger partial charge in [0.2, 0.25) is 0 Å². The standard InChI is InChI=1S/CH3I39/c1-22(2)24(5)26(7)28(9)30(11)32(13)34(15)36(17)38(19)40(21)39(20)37(18)35(16)33(14)31(12)29(10)27(8)25(6)23(3)4/h1H3. The Labute approximate surface area is 500 Å². The fraction of sp³-hybridized carbons (Fsp3) is 1.00. The fourth-order valence-electron chi connectivity index (χ4n) is 0.550. The van der Waals surface area contributed by atoms with Gasteiger partial charge in [0.15, 0.2) is 0 Å². The van der Waals surface area contributed by atoms with Crippen LogP contribution >= 0.6 is 526 Å². The molecule has 0 aliphatic rings. The molecule has 39 heteroatoms. The second-order valence-electron chi connectivity index (χ2n) is 3.26. The number of hydrogen-bond acceptors (Lipinski definition) is 0. The van der Waals surface area contributed by atoms with E-state index in [2.05, 4.69) is 377 Å². The van der Waals surface area contributed by atoms with Gasteiger partial charge in [-0.15, -0.1) is 0 Å². The summed E-state index contributed by atoms with van der Waals surface area (Å²) in [6, 6.07) is 0. The molecule has 0 rings (SSSR count). The molecule has 0 nitrogen and oxygen atoms in total. The Kier molecular flexibility index (Phi) is 69.9. The summed E-state index contributed by atoms with van der Waals surface area (Å²) >= 11 is 64.2. The number of hydrogen-bond donors (Lipinski definition) is 0. The van der Waals surface area contributed by atoms with Gasteiger partial charge in [0.25, 0.3) is 0 Å². The van der Waals surface area contributed by atoms with Crippen LogP contribution in [0, 0.1) is 0 Å². The average Bonchev–Trinajstić information content (AvgIpc) is 2.93. The molecule has 0 aromatic heterocycles. The van der Waals surface area contributed by atoms with Crippen molar-refractivity contribution < 1.29 is 0 Å². The van der Waals surface area contributed by atoms with E-state index in [4.69, 9.17) is 0 Å². The van der Waals surface area contributed by atoms with E-state index in [1.165, 1.54) is 0 Å². The molecule has 0 amide bonds.